The van der Waals surface area contributed by atoms with E-state index in [-0.39, 0.29) is 6.10 Å². The Morgan fingerprint density at radius 2 is 1.94 bits per heavy atom. The number of aliphatic hydroxyl groups excluding tert-OH is 1. The van der Waals surface area contributed by atoms with Gasteiger partial charge >= 0.3 is 0 Å². The Balaban J connectivity index is 1.96. The van der Waals surface area contributed by atoms with Gasteiger partial charge in [0.15, 0.2) is 0 Å². The maximum atomic E-state index is 10.3. The first-order valence-electron chi connectivity index (χ1n) is 6.25. The number of benzene rings is 1. The summed E-state index contributed by atoms with van der Waals surface area (Å²) in [5.74, 6) is 0.410. The molecule has 1 unspecified atom stereocenters. The minimum absolute atomic E-state index is 0.348. The van der Waals surface area contributed by atoms with Crippen molar-refractivity contribution in [2.45, 2.75) is 18.9 Å². The monoisotopic (exact) mass is 283 g/mol. The highest BCUT2D eigenvalue weighted by molar-refractivity contribution is 6.35. The van der Waals surface area contributed by atoms with Crippen molar-refractivity contribution in [2.24, 2.45) is 5.92 Å². The molecule has 0 aliphatic carbocycles. The molecule has 18 heavy (non-hydrogen) atoms. The first-order valence-corrected chi connectivity index (χ1v) is 7.00. The minimum atomic E-state index is -0.348. The maximum absolute atomic E-state index is 10.3. The van der Waals surface area contributed by atoms with Crippen LogP contribution in [0.2, 0.25) is 10.0 Å². The summed E-state index contributed by atoms with van der Waals surface area (Å²) in [4.78, 5) is 2.26. The zero-order valence-electron chi connectivity index (χ0n) is 9.94. The van der Waals surface area contributed by atoms with Crippen LogP contribution in [0.1, 0.15) is 18.4 Å². The topological polar surface area (TPSA) is 23.5 Å². The van der Waals surface area contributed by atoms with Gasteiger partial charge in [-0.05, 0) is 42.5 Å². The molecule has 0 radical (unpaired) electrons. The summed E-state index contributed by atoms with van der Waals surface area (Å²) < 4.78 is 0. The molecule has 0 saturated carbocycles. The van der Waals surface area contributed by atoms with Crippen LogP contribution in [-0.2, 0) is 0 Å². The van der Waals surface area contributed by atoms with Gasteiger partial charge in [0.25, 0.3) is 0 Å². The van der Waals surface area contributed by atoms with Crippen molar-refractivity contribution < 1.29 is 5.11 Å². The number of halogens is 2. The fraction of sp³-hybridized carbons (Fsp3) is 0.429. The Kier molecular flexibility index (Phi) is 3.27. The second-order valence-electron chi connectivity index (χ2n) is 5.00. The summed E-state index contributed by atoms with van der Waals surface area (Å²) in [5, 5.41) is 11.5. The lowest BCUT2D eigenvalue weighted by Crippen LogP contribution is -2.48. The lowest BCUT2D eigenvalue weighted by Gasteiger charge is -2.46. The lowest BCUT2D eigenvalue weighted by atomic mass is 9.83. The van der Waals surface area contributed by atoms with Crippen molar-refractivity contribution in [2.75, 3.05) is 13.1 Å². The van der Waals surface area contributed by atoms with Gasteiger partial charge in [-0.1, -0.05) is 29.3 Å². The van der Waals surface area contributed by atoms with Crippen molar-refractivity contribution in [3.63, 3.8) is 0 Å². The van der Waals surface area contributed by atoms with Gasteiger partial charge in [0.05, 0.1) is 6.10 Å². The molecule has 1 N–H and O–H groups in total. The fourth-order valence-electron chi connectivity index (χ4n) is 2.86. The van der Waals surface area contributed by atoms with Crippen molar-refractivity contribution >= 4 is 29.3 Å². The molecule has 3 aliphatic rings. The minimum Gasteiger partial charge on any atom is -0.387 e. The molecular formula is C14H15Cl2NO. The van der Waals surface area contributed by atoms with Crippen LogP contribution in [-0.4, -0.2) is 29.2 Å². The van der Waals surface area contributed by atoms with Gasteiger partial charge < -0.3 is 10.0 Å². The molecule has 3 fully saturated rings. The summed E-state index contributed by atoms with van der Waals surface area (Å²) in [6, 6.07) is 5.45. The second kappa shape index (κ2) is 4.76. The highest BCUT2D eigenvalue weighted by Crippen LogP contribution is 2.36. The first-order chi connectivity index (χ1) is 8.65. The van der Waals surface area contributed by atoms with Crippen molar-refractivity contribution in [3.8, 4) is 0 Å². The van der Waals surface area contributed by atoms with Crippen molar-refractivity contribution in [1.82, 2.24) is 4.90 Å². The standard InChI is InChI=1S/C14H15Cl2NO/c15-11-2-1-10(12(16)8-11)7-13-14(18)9-3-5-17(13)6-4-9/h1-2,7-9,14,18H,3-6H2. The number of aliphatic hydroxyl groups is 1. The quantitative estimate of drug-likeness (QED) is 0.854. The smallest absolute Gasteiger partial charge is 0.0965 e. The maximum Gasteiger partial charge on any atom is 0.0965 e. The summed E-state index contributed by atoms with van der Waals surface area (Å²) in [6.45, 7) is 2.08. The summed E-state index contributed by atoms with van der Waals surface area (Å²) in [6.07, 6.45) is 3.83. The van der Waals surface area contributed by atoms with Crippen LogP contribution < -0.4 is 0 Å². The molecule has 0 amide bonds. The van der Waals surface area contributed by atoms with Crippen LogP contribution in [0.15, 0.2) is 23.9 Å². The average molecular weight is 284 g/mol. The highest BCUT2D eigenvalue weighted by atomic mass is 35.5. The van der Waals surface area contributed by atoms with Gasteiger partial charge in [-0.3, -0.25) is 0 Å². The van der Waals surface area contributed by atoms with Crippen LogP contribution in [0.25, 0.3) is 6.08 Å². The third-order valence-corrected chi connectivity index (χ3v) is 4.48. The lowest BCUT2D eigenvalue weighted by molar-refractivity contribution is 0.0215. The molecular weight excluding hydrogens is 269 g/mol. The molecule has 4 heteroatoms. The predicted molar refractivity (Wildman–Crippen MR) is 74.7 cm³/mol. The van der Waals surface area contributed by atoms with E-state index in [9.17, 15) is 5.11 Å². The van der Waals surface area contributed by atoms with Crippen LogP contribution >= 0.6 is 23.2 Å². The number of hydrogen-bond donors (Lipinski definition) is 1. The van der Waals surface area contributed by atoms with Crippen LogP contribution in [0.5, 0.6) is 0 Å². The average Bonchev–Trinajstić information content (AvgIpc) is 2.37. The third kappa shape index (κ3) is 2.13. The molecule has 1 atom stereocenters. The van der Waals surface area contributed by atoms with Gasteiger partial charge in [-0.15, -0.1) is 0 Å². The Labute approximate surface area is 117 Å². The molecule has 2 bridgehead atoms. The van der Waals surface area contributed by atoms with E-state index in [1.165, 1.54) is 0 Å². The van der Waals surface area contributed by atoms with E-state index < -0.39 is 0 Å². The van der Waals surface area contributed by atoms with Gasteiger partial charge in [0.1, 0.15) is 0 Å². The van der Waals surface area contributed by atoms with E-state index in [1.807, 2.05) is 18.2 Å². The third-order valence-electron chi connectivity index (χ3n) is 3.92. The summed E-state index contributed by atoms with van der Waals surface area (Å²) >= 11 is 12.1. The molecule has 3 saturated heterocycles. The number of rotatable bonds is 1. The van der Waals surface area contributed by atoms with E-state index in [0.717, 1.165) is 37.2 Å². The Hall–Kier alpha value is -0.700. The fourth-order valence-corrected chi connectivity index (χ4v) is 3.32. The summed E-state index contributed by atoms with van der Waals surface area (Å²) in [7, 11) is 0. The van der Waals surface area contributed by atoms with E-state index in [4.69, 9.17) is 23.2 Å². The molecule has 0 spiro atoms. The molecule has 2 nitrogen and oxygen atoms in total. The van der Waals surface area contributed by atoms with Crippen LogP contribution in [0, 0.1) is 5.92 Å². The molecule has 1 aromatic rings. The Morgan fingerprint density at radius 3 is 2.56 bits per heavy atom. The van der Waals surface area contributed by atoms with Gasteiger partial charge in [-0.25, -0.2) is 0 Å². The molecule has 96 valence electrons. The molecule has 3 aliphatic heterocycles. The van der Waals surface area contributed by atoms with E-state index in [2.05, 4.69) is 4.90 Å². The zero-order chi connectivity index (χ0) is 12.7. The number of hydrogen-bond acceptors (Lipinski definition) is 2. The number of fused-ring (bicyclic) bond motifs is 3. The number of nitrogens with zero attached hydrogens (tertiary/aromatic N) is 1. The second-order valence-corrected chi connectivity index (χ2v) is 5.85. The van der Waals surface area contributed by atoms with Gasteiger partial charge in [0.2, 0.25) is 0 Å². The van der Waals surface area contributed by atoms with E-state index >= 15 is 0 Å². The SMILES string of the molecule is OC1C(=Cc2ccc(Cl)cc2Cl)N2CCC1CC2. The molecule has 4 rings (SSSR count). The Morgan fingerprint density at radius 1 is 1.22 bits per heavy atom. The van der Waals surface area contributed by atoms with E-state index in [0.29, 0.717) is 16.0 Å². The van der Waals surface area contributed by atoms with Gasteiger partial charge in [-0.2, -0.15) is 0 Å². The summed E-state index contributed by atoms with van der Waals surface area (Å²) in [5.41, 5.74) is 1.92. The van der Waals surface area contributed by atoms with Crippen LogP contribution in [0.3, 0.4) is 0 Å². The normalized spacial score (nSPS) is 29.1. The zero-order valence-corrected chi connectivity index (χ0v) is 11.5. The highest BCUT2D eigenvalue weighted by Gasteiger charge is 2.36. The van der Waals surface area contributed by atoms with Crippen molar-refractivity contribution in [3.05, 3.63) is 39.5 Å². The first kappa shape index (κ1) is 12.3. The van der Waals surface area contributed by atoms with Gasteiger partial charge in [0, 0.05) is 28.8 Å². The van der Waals surface area contributed by atoms with E-state index in [1.54, 1.807) is 6.07 Å². The molecule has 1 aromatic carbocycles. The molecule has 3 heterocycles. The largest absolute Gasteiger partial charge is 0.387 e. The Bertz CT molecular complexity index is 489. The predicted octanol–water partition coefficient (Wildman–Crippen LogP) is 3.42. The number of piperidine rings is 3. The van der Waals surface area contributed by atoms with Crippen LogP contribution in [0.4, 0.5) is 0 Å². The van der Waals surface area contributed by atoms with Crippen molar-refractivity contribution in [1.29, 1.82) is 0 Å². The molecule has 0 aromatic heterocycles.